The Hall–Kier alpha value is -2.67. The van der Waals surface area contributed by atoms with E-state index < -0.39 is 0 Å². The van der Waals surface area contributed by atoms with Crippen LogP contribution >= 0.6 is 15.9 Å². The van der Waals surface area contributed by atoms with Crippen LogP contribution in [0.1, 0.15) is 18.2 Å². The summed E-state index contributed by atoms with van der Waals surface area (Å²) in [6.07, 6.45) is 0.353. The van der Waals surface area contributed by atoms with E-state index in [4.69, 9.17) is 9.26 Å². The number of anilines is 1. The van der Waals surface area contributed by atoms with Crippen LogP contribution in [0.25, 0.3) is 11.4 Å². The van der Waals surface area contributed by atoms with Gasteiger partial charge in [0.25, 0.3) is 0 Å². The van der Waals surface area contributed by atoms with Crippen molar-refractivity contribution in [1.82, 2.24) is 10.1 Å². The minimum absolute atomic E-state index is 0.0439. The van der Waals surface area contributed by atoms with E-state index in [0.717, 1.165) is 21.5 Å². The molecule has 1 aliphatic heterocycles. The smallest absolute Gasteiger partial charge is 0.232 e. The van der Waals surface area contributed by atoms with Gasteiger partial charge in [-0.2, -0.15) is 4.98 Å². The highest BCUT2D eigenvalue weighted by Gasteiger charge is 2.35. The number of rotatable bonds is 4. The third-order valence-corrected chi connectivity index (χ3v) is 4.88. The lowest BCUT2D eigenvalue weighted by molar-refractivity contribution is -0.117. The van der Waals surface area contributed by atoms with Crippen molar-refractivity contribution >= 4 is 27.5 Å². The highest BCUT2D eigenvalue weighted by Crippen LogP contribution is 2.32. The standard InChI is InChI=1S/C19H16BrN3O3/c1-25-16-7-5-15(6-8-16)23-11-13(10-17(23)24)19-21-18(22-26-19)12-3-2-4-14(20)9-12/h2-9,13H,10-11H2,1H3. The van der Waals surface area contributed by atoms with Gasteiger partial charge in [0.15, 0.2) is 0 Å². The fraction of sp³-hybridized carbons (Fsp3) is 0.211. The van der Waals surface area contributed by atoms with Crippen LogP contribution in [0.3, 0.4) is 0 Å². The van der Waals surface area contributed by atoms with Gasteiger partial charge in [0.2, 0.25) is 17.6 Å². The topological polar surface area (TPSA) is 68.5 Å². The number of hydrogen-bond donors (Lipinski definition) is 0. The first-order valence-corrected chi connectivity index (χ1v) is 8.97. The van der Waals surface area contributed by atoms with Crippen molar-refractivity contribution in [3.05, 3.63) is 58.9 Å². The van der Waals surface area contributed by atoms with Crippen molar-refractivity contribution in [3.8, 4) is 17.1 Å². The summed E-state index contributed by atoms with van der Waals surface area (Å²) in [7, 11) is 1.62. The Morgan fingerprint density at radius 2 is 2.04 bits per heavy atom. The molecule has 26 heavy (non-hydrogen) atoms. The van der Waals surface area contributed by atoms with Crippen molar-refractivity contribution in [2.45, 2.75) is 12.3 Å². The molecule has 0 aliphatic carbocycles. The largest absolute Gasteiger partial charge is 0.497 e. The van der Waals surface area contributed by atoms with Gasteiger partial charge in [-0.25, -0.2) is 0 Å². The first-order chi connectivity index (χ1) is 12.6. The molecular weight excluding hydrogens is 398 g/mol. The average molecular weight is 414 g/mol. The highest BCUT2D eigenvalue weighted by atomic mass is 79.9. The number of methoxy groups -OCH3 is 1. The van der Waals surface area contributed by atoms with Gasteiger partial charge in [-0.15, -0.1) is 0 Å². The zero-order valence-electron chi connectivity index (χ0n) is 14.1. The van der Waals surface area contributed by atoms with Crippen LogP contribution in [-0.2, 0) is 4.79 Å². The Morgan fingerprint density at radius 1 is 1.23 bits per heavy atom. The second kappa shape index (κ2) is 6.92. The molecule has 0 radical (unpaired) electrons. The Labute approximate surface area is 158 Å². The second-order valence-electron chi connectivity index (χ2n) is 6.07. The predicted octanol–water partition coefficient (Wildman–Crippen LogP) is 4.03. The van der Waals surface area contributed by atoms with Crippen molar-refractivity contribution in [3.63, 3.8) is 0 Å². The zero-order chi connectivity index (χ0) is 18.1. The van der Waals surface area contributed by atoms with Crippen molar-refractivity contribution in [2.24, 2.45) is 0 Å². The Kier molecular flexibility index (Phi) is 4.46. The summed E-state index contributed by atoms with van der Waals surface area (Å²) in [6.45, 7) is 0.519. The number of amides is 1. The van der Waals surface area contributed by atoms with Crippen LogP contribution in [0.15, 0.2) is 57.5 Å². The molecule has 1 aliphatic rings. The molecule has 1 unspecified atom stereocenters. The van der Waals surface area contributed by atoms with E-state index in [2.05, 4.69) is 26.1 Å². The van der Waals surface area contributed by atoms with Gasteiger partial charge >= 0.3 is 0 Å². The Bertz CT molecular complexity index is 939. The van der Waals surface area contributed by atoms with Crippen molar-refractivity contribution < 1.29 is 14.1 Å². The Balaban J connectivity index is 1.53. The maximum Gasteiger partial charge on any atom is 0.232 e. The third kappa shape index (κ3) is 3.22. The molecule has 132 valence electrons. The molecule has 1 fully saturated rings. The highest BCUT2D eigenvalue weighted by molar-refractivity contribution is 9.10. The first-order valence-electron chi connectivity index (χ1n) is 8.18. The summed E-state index contributed by atoms with van der Waals surface area (Å²) < 4.78 is 11.5. The van der Waals surface area contributed by atoms with Gasteiger partial charge in [-0.05, 0) is 36.4 Å². The van der Waals surface area contributed by atoms with Crippen LogP contribution < -0.4 is 9.64 Å². The van der Waals surface area contributed by atoms with E-state index in [1.807, 2.05) is 48.5 Å². The molecule has 1 saturated heterocycles. The van der Waals surface area contributed by atoms with Crippen LogP contribution in [0.2, 0.25) is 0 Å². The SMILES string of the molecule is COc1ccc(N2CC(c3nc(-c4cccc(Br)c4)no3)CC2=O)cc1. The van der Waals surface area contributed by atoms with Crippen LogP contribution in [0.5, 0.6) is 5.75 Å². The number of aromatic nitrogens is 2. The number of carbonyl (C=O) groups excluding carboxylic acids is 1. The van der Waals surface area contributed by atoms with E-state index in [9.17, 15) is 4.79 Å². The number of halogens is 1. The normalized spacial score (nSPS) is 16.9. The number of benzene rings is 2. The number of carbonyl (C=O) groups is 1. The van der Waals surface area contributed by atoms with E-state index in [1.54, 1.807) is 12.0 Å². The molecule has 6 nitrogen and oxygen atoms in total. The molecule has 0 spiro atoms. The fourth-order valence-corrected chi connectivity index (χ4v) is 3.43. The summed E-state index contributed by atoms with van der Waals surface area (Å²) in [5, 5.41) is 4.06. The number of hydrogen-bond acceptors (Lipinski definition) is 5. The average Bonchev–Trinajstić information content (AvgIpc) is 3.29. The number of ether oxygens (including phenoxy) is 1. The lowest BCUT2D eigenvalue weighted by Crippen LogP contribution is -2.24. The summed E-state index contributed by atoms with van der Waals surface area (Å²) in [6, 6.07) is 15.1. The molecule has 3 aromatic rings. The predicted molar refractivity (Wildman–Crippen MR) is 100 cm³/mol. The molecule has 1 amide bonds. The summed E-state index contributed by atoms with van der Waals surface area (Å²) in [5.74, 6) is 1.70. The molecule has 2 aromatic carbocycles. The summed E-state index contributed by atoms with van der Waals surface area (Å²) in [4.78, 5) is 18.7. The van der Waals surface area contributed by atoms with Gasteiger partial charge in [0.1, 0.15) is 5.75 Å². The summed E-state index contributed by atoms with van der Waals surface area (Å²) >= 11 is 3.44. The molecule has 0 N–H and O–H groups in total. The number of nitrogens with zero attached hydrogens (tertiary/aromatic N) is 3. The molecule has 0 saturated carbocycles. The molecule has 4 rings (SSSR count). The van der Waals surface area contributed by atoms with E-state index in [-0.39, 0.29) is 11.8 Å². The molecule has 1 aromatic heterocycles. The zero-order valence-corrected chi connectivity index (χ0v) is 15.6. The maximum absolute atomic E-state index is 12.4. The first kappa shape index (κ1) is 16.8. The maximum atomic E-state index is 12.4. The van der Waals surface area contributed by atoms with Gasteiger partial charge in [-0.3, -0.25) is 4.79 Å². The van der Waals surface area contributed by atoms with Crippen LogP contribution in [0, 0.1) is 0 Å². The third-order valence-electron chi connectivity index (χ3n) is 4.38. The van der Waals surface area contributed by atoms with E-state index >= 15 is 0 Å². The molecule has 1 atom stereocenters. The van der Waals surface area contributed by atoms with Crippen molar-refractivity contribution in [1.29, 1.82) is 0 Å². The quantitative estimate of drug-likeness (QED) is 0.645. The fourth-order valence-electron chi connectivity index (χ4n) is 3.03. The summed E-state index contributed by atoms with van der Waals surface area (Å²) in [5.41, 5.74) is 1.70. The van der Waals surface area contributed by atoms with Gasteiger partial charge in [0.05, 0.1) is 13.0 Å². The van der Waals surface area contributed by atoms with Crippen LogP contribution in [-0.4, -0.2) is 29.7 Å². The molecule has 2 heterocycles. The van der Waals surface area contributed by atoms with Gasteiger partial charge in [0, 0.05) is 28.7 Å². The van der Waals surface area contributed by atoms with Gasteiger partial charge in [-0.1, -0.05) is 33.2 Å². The molecule has 7 heteroatoms. The van der Waals surface area contributed by atoms with Crippen molar-refractivity contribution in [2.75, 3.05) is 18.6 Å². The minimum Gasteiger partial charge on any atom is -0.497 e. The Morgan fingerprint density at radius 3 is 2.77 bits per heavy atom. The second-order valence-corrected chi connectivity index (χ2v) is 6.99. The van der Waals surface area contributed by atoms with E-state index in [0.29, 0.717) is 24.7 Å². The van der Waals surface area contributed by atoms with Gasteiger partial charge < -0.3 is 14.2 Å². The molecular formula is C19H16BrN3O3. The van der Waals surface area contributed by atoms with E-state index in [1.165, 1.54) is 0 Å². The molecule has 0 bridgehead atoms. The lowest BCUT2D eigenvalue weighted by atomic mass is 10.1. The lowest BCUT2D eigenvalue weighted by Gasteiger charge is -2.16. The monoisotopic (exact) mass is 413 g/mol. The van der Waals surface area contributed by atoms with Crippen LogP contribution in [0.4, 0.5) is 5.69 Å². The minimum atomic E-state index is -0.113.